The second kappa shape index (κ2) is 5.69. The van der Waals surface area contributed by atoms with E-state index in [0.717, 1.165) is 21.4 Å². The van der Waals surface area contributed by atoms with Crippen LogP contribution in [0.4, 0.5) is 4.39 Å². The monoisotopic (exact) mass is 478 g/mol. The van der Waals surface area contributed by atoms with Gasteiger partial charge in [0.1, 0.15) is 11.6 Å². The number of H-pyrrole nitrogens is 1. The Morgan fingerprint density at radius 3 is 2.76 bits per heavy atom. The zero-order chi connectivity index (χ0) is 15.1. The molecule has 1 N–H and O–H groups in total. The summed E-state index contributed by atoms with van der Waals surface area (Å²) >= 11 is 10.8. The molecule has 0 aliphatic heterocycles. The molecule has 2 aromatic carbocycles. The SMILES string of the molecule is COc1ccc(-n2c(=S)[nH]c3cc(I)c(F)cc32)cc1Br. The Kier molecular flexibility index (Phi) is 4.06. The number of nitrogens with one attached hydrogen (secondary N) is 1. The Morgan fingerprint density at radius 1 is 1.33 bits per heavy atom. The van der Waals surface area contributed by atoms with E-state index in [0.29, 0.717) is 13.9 Å². The first kappa shape index (κ1) is 15.0. The van der Waals surface area contributed by atoms with Gasteiger partial charge < -0.3 is 9.72 Å². The van der Waals surface area contributed by atoms with Gasteiger partial charge in [-0.15, -0.1) is 0 Å². The van der Waals surface area contributed by atoms with Gasteiger partial charge in [0.2, 0.25) is 0 Å². The topological polar surface area (TPSA) is 29.9 Å². The van der Waals surface area contributed by atoms with Gasteiger partial charge in [-0.1, -0.05) is 0 Å². The number of methoxy groups -OCH3 is 1. The average Bonchev–Trinajstić information content (AvgIpc) is 2.74. The Morgan fingerprint density at radius 2 is 2.10 bits per heavy atom. The largest absolute Gasteiger partial charge is 0.496 e. The quantitative estimate of drug-likeness (QED) is 0.405. The van der Waals surface area contributed by atoms with Crippen molar-refractivity contribution >= 4 is 61.8 Å². The van der Waals surface area contributed by atoms with Crippen molar-refractivity contribution in [1.82, 2.24) is 9.55 Å². The highest BCUT2D eigenvalue weighted by Crippen LogP contribution is 2.29. The van der Waals surface area contributed by atoms with Crippen molar-refractivity contribution in [1.29, 1.82) is 0 Å². The maximum Gasteiger partial charge on any atom is 0.182 e. The van der Waals surface area contributed by atoms with Crippen LogP contribution in [0.1, 0.15) is 0 Å². The Labute approximate surface area is 147 Å². The Bertz CT molecular complexity index is 906. The molecule has 0 saturated heterocycles. The summed E-state index contributed by atoms with van der Waals surface area (Å²) in [6, 6.07) is 8.83. The van der Waals surface area contributed by atoms with Crippen LogP contribution in [0.25, 0.3) is 16.7 Å². The van der Waals surface area contributed by atoms with Gasteiger partial charge in [0, 0.05) is 11.8 Å². The third-order valence-corrected chi connectivity index (χ3v) is 4.85. The molecule has 1 aromatic heterocycles. The lowest BCUT2D eigenvalue weighted by Crippen LogP contribution is -1.96. The highest BCUT2D eigenvalue weighted by Gasteiger charge is 2.11. The summed E-state index contributed by atoms with van der Waals surface area (Å²) < 4.78 is 22.8. The van der Waals surface area contributed by atoms with E-state index in [1.807, 2.05) is 40.8 Å². The average molecular weight is 479 g/mol. The van der Waals surface area contributed by atoms with Gasteiger partial charge in [-0.25, -0.2) is 4.39 Å². The molecule has 0 bridgehead atoms. The maximum absolute atomic E-state index is 13.9. The number of ether oxygens (including phenoxy) is 1. The number of fused-ring (bicyclic) bond motifs is 1. The summed E-state index contributed by atoms with van der Waals surface area (Å²) in [5.74, 6) is 0.462. The summed E-state index contributed by atoms with van der Waals surface area (Å²) in [5, 5.41) is 0. The summed E-state index contributed by atoms with van der Waals surface area (Å²) in [7, 11) is 1.61. The van der Waals surface area contributed by atoms with E-state index in [2.05, 4.69) is 20.9 Å². The zero-order valence-corrected chi connectivity index (χ0v) is 15.3. The highest BCUT2D eigenvalue weighted by atomic mass is 127. The molecule has 0 atom stereocenters. The summed E-state index contributed by atoms with van der Waals surface area (Å²) in [6.45, 7) is 0. The maximum atomic E-state index is 13.9. The fourth-order valence-electron chi connectivity index (χ4n) is 2.15. The van der Waals surface area contributed by atoms with Gasteiger partial charge in [-0.3, -0.25) is 4.57 Å². The Balaban J connectivity index is 2.29. The third-order valence-electron chi connectivity index (χ3n) is 3.12. The van der Waals surface area contributed by atoms with E-state index >= 15 is 0 Å². The molecule has 0 radical (unpaired) electrons. The van der Waals surface area contributed by atoms with E-state index in [1.165, 1.54) is 6.07 Å². The van der Waals surface area contributed by atoms with Gasteiger partial charge in [0.25, 0.3) is 0 Å². The smallest absolute Gasteiger partial charge is 0.182 e. The minimum atomic E-state index is -0.265. The fraction of sp³-hybridized carbons (Fsp3) is 0.0714. The number of halogens is 3. The van der Waals surface area contributed by atoms with Gasteiger partial charge in [0.15, 0.2) is 4.77 Å². The lowest BCUT2D eigenvalue weighted by molar-refractivity contribution is 0.412. The predicted octanol–water partition coefficient (Wildman–Crippen LogP) is 5.20. The molecule has 0 spiro atoms. The fourth-order valence-corrected chi connectivity index (χ4v) is 3.46. The molecule has 0 aliphatic rings. The standard InChI is InChI=1S/C14H9BrFIN2OS/c1-20-13-3-2-7(4-8(13)15)19-12-5-9(16)10(17)6-11(12)18-14(19)21/h2-6H,1H3,(H,18,21). The number of nitrogens with zero attached hydrogens (tertiary/aromatic N) is 1. The molecule has 0 fully saturated rings. The lowest BCUT2D eigenvalue weighted by Gasteiger charge is -2.08. The van der Waals surface area contributed by atoms with Crippen molar-refractivity contribution in [2.75, 3.05) is 7.11 Å². The minimum Gasteiger partial charge on any atom is -0.496 e. The van der Waals surface area contributed by atoms with Gasteiger partial charge in [-0.05, 0) is 75.0 Å². The molecule has 0 unspecified atom stereocenters. The van der Waals surface area contributed by atoms with Gasteiger partial charge in [0.05, 0.1) is 26.2 Å². The molecule has 3 rings (SSSR count). The van der Waals surface area contributed by atoms with Crippen LogP contribution in [0.3, 0.4) is 0 Å². The molecule has 7 heteroatoms. The summed E-state index contributed by atoms with van der Waals surface area (Å²) in [4.78, 5) is 3.10. The predicted molar refractivity (Wildman–Crippen MR) is 95.4 cm³/mol. The minimum absolute atomic E-state index is 0.265. The van der Waals surface area contributed by atoms with Crippen LogP contribution in [0.15, 0.2) is 34.8 Å². The number of imidazole rings is 1. The van der Waals surface area contributed by atoms with Crippen molar-refractivity contribution in [2.24, 2.45) is 0 Å². The first-order chi connectivity index (χ1) is 10.0. The lowest BCUT2D eigenvalue weighted by atomic mass is 10.2. The molecule has 108 valence electrons. The van der Waals surface area contributed by atoms with Crippen molar-refractivity contribution in [3.63, 3.8) is 0 Å². The Hall–Kier alpha value is -0.930. The number of hydrogen-bond acceptors (Lipinski definition) is 2. The van der Waals surface area contributed by atoms with E-state index in [-0.39, 0.29) is 5.82 Å². The van der Waals surface area contributed by atoms with Crippen LogP contribution in [0.2, 0.25) is 0 Å². The third kappa shape index (κ3) is 2.62. The molecule has 21 heavy (non-hydrogen) atoms. The van der Waals surface area contributed by atoms with Gasteiger partial charge >= 0.3 is 0 Å². The van der Waals surface area contributed by atoms with Crippen LogP contribution in [0.5, 0.6) is 5.75 Å². The van der Waals surface area contributed by atoms with E-state index in [9.17, 15) is 4.39 Å². The first-order valence-electron chi connectivity index (χ1n) is 5.95. The van der Waals surface area contributed by atoms with E-state index in [1.54, 1.807) is 17.7 Å². The second-order valence-electron chi connectivity index (χ2n) is 4.37. The molecule has 0 amide bonds. The van der Waals surface area contributed by atoms with E-state index < -0.39 is 0 Å². The van der Waals surface area contributed by atoms with Gasteiger partial charge in [-0.2, -0.15) is 0 Å². The normalized spacial score (nSPS) is 11.0. The molecular formula is C14H9BrFIN2OS. The molecule has 3 nitrogen and oxygen atoms in total. The second-order valence-corrected chi connectivity index (χ2v) is 6.77. The number of hydrogen-bond donors (Lipinski definition) is 1. The van der Waals surface area contributed by atoms with Crippen LogP contribution in [-0.2, 0) is 0 Å². The number of aromatic amines is 1. The molecule has 3 aromatic rings. The number of aromatic nitrogens is 2. The van der Waals surface area contributed by atoms with Crippen LogP contribution in [-0.4, -0.2) is 16.7 Å². The van der Waals surface area contributed by atoms with Crippen LogP contribution >= 0.6 is 50.7 Å². The zero-order valence-electron chi connectivity index (χ0n) is 10.8. The number of benzene rings is 2. The van der Waals surface area contributed by atoms with Crippen molar-refractivity contribution in [3.05, 3.63) is 49.0 Å². The van der Waals surface area contributed by atoms with E-state index in [4.69, 9.17) is 17.0 Å². The molecular weight excluding hydrogens is 470 g/mol. The number of rotatable bonds is 2. The van der Waals surface area contributed by atoms with Crippen LogP contribution < -0.4 is 4.74 Å². The first-order valence-corrected chi connectivity index (χ1v) is 8.23. The van der Waals surface area contributed by atoms with Crippen molar-refractivity contribution in [2.45, 2.75) is 0 Å². The van der Waals surface area contributed by atoms with Crippen molar-refractivity contribution in [3.8, 4) is 11.4 Å². The summed E-state index contributed by atoms with van der Waals surface area (Å²) in [6.07, 6.45) is 0. The molecule has 0 saturated carbocycles. The molecule has 0 aliphatic carbocycles. The molecule has 1 heterocycles. The highest BCUT2D eigenvalue weighted by molar-refractivity contribution is 14.1. The van der Waals surface area contributed by atoms with Crippen molar-refractivity contribution < 1.29 is 9.13 Å². The summed E-state index contributed by atoms with van der Waals surface area (Å²) in [5.41, 5.74) is 2.34. The van der Waals surface area contributed by atoms with Crippen LogP contribution in [0, 0.1) is 14.2 Å².